The first-order chi connectivity index (χ1) is 9.31. The van der Waals surface area contributed by atoms with Gasteiger partial charge in [0, 0.05) is 51.0 Å². The molecule has 1 aliphatic carbocycles. The Hall–Kier alpha value is -1.06. The Balaban J connectivity index is 1.43. The molecule has 0 radical (unpaired) electrons. The molecule has 1 heterocycles. The molecule has 0 spiro atoms. The van der Waals surface area contributed by atoms with Gasteiger partial charge in [0.15, 0.2) is 0 Å². The molecule has 1 aromatic rings. The molecule has 1 saturated heterocycles. The highest BCUT2D eigenvalue weighted by atomic mass is 15.3. The second-order valence-electron chi connectivity index (χ2n) is 5.90. The molecule has 19 heavy (non-hydrogen) atoms. The maximum atomic E-state index is 3.60. The molecule has 0 aromatic heterocycles. The molecule has 1 saturated carbocycles. The summed E-state index contributed by atoms with van der Waals surface area (Å²) in [4.78, 5) is 5.10. The predicted octanol–water partition coefficient (Wildman–Crippen LogP) is 1.87. The average Bonchev–Trinajstić information content (AvgIpc) is 3.24. The van der Waals surface area contributed by atoms with Crippen LogP contribution in [0.3, 0.4) is 0 Å². The van der Waals surface area contributed by atoms with Gasteiger partial charge in [-0.2, -0.15) is 0 Å². The number of nitrogens with one attached hydrogen (secondary N) is 1. The summed E-state index contributed by atoms with van der Waals surface area (Å²) in [6.45, 7) is 9.25. The van der Waals surface area contributed by atoms with Crippen molar-refractivity contribution < 1.29 is 0 Å². The molecule has 3 rings (SSSR count). The quantitative estimate of drug-likeness (QED) is 0.871. The van der Waals surface area contributed by atoms with Crippen LogP contribution in [0.2, 0.25) is 0 Å². The first-order valence-corrected chi connectivity index (χ1v) is 7.58. The van der Waals surface area contributed by atoms with Crippen molar-refractivity contribution in [1.82, 2.24) is 10.2 Å². The van der Waals surface area contributed by atoms with Crippen LogP contribution in [-0.4, -0.2) is 50.2 Å². The summed E-state index contributed by atoms with van der Waals surface area (Å²) in [5, 5.41) is 3.60. The summed E-state index contributed by atoms with van der Waals surface area (Å²) in [5.41, 5.74) is 2.74. The van der Waals surface area contributed by atoms with Crippen molar-refractivity contribution in [2.24, 2.45) is 0 Å². The Labute approximate surface area is 116 Å². The number of piperazine rings is 1. The van der Waals surface area contributed by atoms with Crippen LogP contribution in [0.5, 0.6) is 0 Å². The molecule has 104 valence electrons. The second kappa shape index (κ2) is 5.93. The zero-order valence-corrected chi connectivity index (χ0v) is 11.9. The summed E-state index contributed by atoms with van der Waals surface area (Å²) in [6, 6.07) is 9.70. The van der Waals surface area contributed by atoms with Crippen molar-refractivity contribution >= 4 is 5.69 Å². The molecule has 0 unspecified atom stereocenters. The van der Waals surface area contributed by atoms with E-state index in [1.165, 1.54) is 43.7 Å². The normalized spacial score (nSPS) is 20.8. The van der Waals surface area contributed by atoms with Gasteiger partial charge >= 0.3 is 0 Å². The summed E-state index contributed by atoms with van der Waals surface area (Å²) in [6.07, 6.45) is 2.78. The van der Waals surface area contributed by atoms with Crippen molar-refractivity contribution in [2.75, 3.05) is 44.2 Å². The lowest BCUT2D eigenvalue weighted by Gasteiger charge is -2.36. The van der Waals surface area contributed by atoms with Gasteiger partial charge in [-0.15, -0.1) is 0 Å². The van der Waals surface area contributed by atoms with E-state index < -0.39 is 0 Å². The van der Waals surface area contributed by atoms with Crippen LogP contribution in [0, 0.1) is 6.92 Å². The number of hydrogen-bond donors (Lipinski definition) is 1. The molecule has 1 aliphatic heterocycles. The molecule has 2 fully saturated rings. The number of aryl methyl sites for hydroxylation is 1. The van der Waals surface area contributed by atoms with Gasteiger partial charge in [0.05, 0.1) is 0 Å². The molecule has 3 heteroatoms. The molecular formula is C16H25N3. The zero-order valence-electron chi connectivity index (χ0n) is 11.9. The third kappa shape index (κ3) is 3.71. The lowest BCUT2D eigenvalue weighted by atomic mass is 10.2. The van der Waals surface area contributed by atoms with Crippen molar-refractivity contribution in [2.45, 2.75) is 25.8 Å². The van der Waals surface area contributed by atoms with Crippen molar-refractivity contribution in [3.05, 3.63) is 29.8 Å². The third-order valence-corrected chi connectivity index (χ3v) is 4.18. The fourth-order valence-corrected chi connectivity index (χ4v) is 2.77. The Morgan fingerprint density at radius 3 is 2.63 bits per heavy atom. The van der Waals surface area contributed by atoms with E-state index in [-0.39, 0.29) is 0 Å². The van der Waals surface area contributed by atoms with Gasteiger partial charge in [-0.05, 0) is 37.5 Å². The van der Waals surface area contributed by atoms with Gasteiger partial charge in [-0.25, -0.2) is 0 Å². The van der Waals surface area contributed by atoms with Crippen molar-refractivity contribution in [3.8, 4) is 0 Å². The van der Waals surface area contributed by atoms with E-state index in [1.807, 2.05) is 0 Å². The standard InChI is InChI=1S/C16H25N3/c1-14-3-2-4-16(13-14)19-11-9-18(10-12-19)8-7-17-15-5-6-15/h2-4,13,15,17H,5-12H2,1H3. The maximum Gasteiger partial charge on any atom is 0.0369 e. The van der Waals surface area contributed by atoms with Gasteiger partial charge in [0.2, 0.25) is 0 Å². The Morgan fingerprint density at radius 1 is 1.16 bits per heavy atom. The van der Waals surface area contributed by atoms with E-state index in [1.54, 1.807) is 0 Å². The molecule has 2 aliphatic rings. The number of anilines is 1. The fraction of sp³-hybridized carbons (Fsp3) is 0.625. The summed E-state index contributed by atoms with van der Waals surface area (Å²) in [5.74, 6) is 0. The Morgan fingerprint density at radius 2 is 1.95 bits per heavy atom. The van der Waals surface area contributed by atoms with Gasteiger partial charge in [-0.3, -0.25) is 4.90 Å². The Bertz CT molecular complexity index is 406. The minimum atomic E-state index is 0.841. The number of hydrogen-bond acceptors (Lipinski definition) is 3. The molecule has 3 nitrogen and oxygen atoms in total. The number of nitrogens with zero attached hydrogens (tertiary/aromatic N) is 2. The van der Waals surface area contributed by atoms with E-state index in [9.17, 15) is 0 Å². The largest absolute Gasteiger partial charge is 0.369 e. The molecule has 0 amide bonds. The van der Waals surface area contributed by atoms with Crippen molar-refractivity contribution in [1.29, 1.82) is 0 Å². The zero-order chi connectivity index (χ0) is 13.1. The SMILES string of the molecule is Cc1cccc(N2CCN(CCNC3CC3)CC2)c1. The van der Waals surface area contributed by atoms with Crippen LogP contribution in [0.1, 0.15) is 18.4 Å². The molecular weight excluding hydrogens is 234 g/mol. The van der Waals surface area contributed by atoms with Crippen LogP contribution in [0.4, 0.5) is 5.69 Å². The van der Waals surface area contributed by atoms with Gasteiger partial charge in [-0.1, -0.05) is 12.1 Å². The van der Waals surface area contributed by atoms with E-state index in [2.05, 4.69) is 46.3 Å². The van der Waals surface area contributed by atoms with Crippen LogP contribution in [0.25, 0.3) is 0 Å². The topological polar surface area (TPSA) is 18.5 Å². The van der Waals surface area contributed by atoms with E-state index in [4.69, 9.17) is 0 Å². The summed E-state index contributed by atoms with van der Waals surface area (Å²) in [7, 11) is 0. The first kappa shape index (κ1) is 12.9. The van der Waals surface area contributed by atoms with Crippen LogP contribution < -0.4 is 10.2 Å². The average molecular weight is 259 g/mol. The molecule has 0 bridgehead atoms. The van der Waals surface area contributed by atoms with Crippen LogP contribution in [-0.2, 0) is 0 Å². The van der Waals surface area contributed by atoms with E-state index in [0.717, 1.165) is 25.7 Å². The Kier molecular flexibility index (Phi) is 4.04. The fourth-order valence-electron chi connectivity index (χ4n) is 2.77. The summed E-state index contributed by atoms with van der Waals surface area (Å²) < 4.78 is 0. The van der Waals surface area contributed by atoms with E-state index >= 15 is 0 Å². The first-order valence-electron chi connectivity index (χ1n) is 7.58. The highest BCUT2D eigenvalue weighted by molar-refractivity contribution is 5.48. The minimum absolute atomic E-state index is 0.841. The summed E-state index contributed by atoms with van der Waals surface area (Å²) >= 11 is 0. The maximum absolute atomic E-state index is 3.60. The highest BCUT2D eigenvalue weighted by Crippen LogP contribution is 2.19. The third-order valence-electron chi connectivity index (χ3n) is 4.18. The lowest BCUT2D eigenvalue weighted by Crippen LogP contribution is -2.48. The molecule has 1 aromatic carbocycles. The van der Waals surface area contributed by atoms with Gasteiger partial charge in [0.25, 0.3) is 0 Å². The van der Waals surface area contributed by atoms with Crippen LogP contribution in [0.15, 0.2) is 24.3 Å². The van der Waals surface area contributed by atoms with Crippen LogP contribution >= 0.6 is 0 Å². The second-order valence-corrected chi connectivity index (χ2v) is 5.90. The lowest BCUT2D eigenvalue weighted by molar-refractivity contribution is 0.257. The minimum Gasteiger partial charge on any atom is -0.369 e. The smallest absolute Gasteiger partial charge is 0.0369 e. The highest BCUT2D eigenvalue weighted by Gasteiger charge is 2.21. The van der Waals surface area contributed by atoms with E-state index in [0.29, 0.717) is 0 Å². The number of benzene rings is 1. The van der Waals surface area contributed by atoms with Crippen molar-refractivity contribution in [3.63, 3.8) is 0 Å². The number of rotatable bonds is 5. The molecule has 0 atom stereocenters. The van der Waals surface area contributed by atoms with Gasteiger partial charge < -0.3 is 10.2 Å². The molecule has 1 N–H and O–H groups in total. The van der Waals surface area contributed by atoms with Gasteiger partial charge in [0.1, 0.15) is 0 Å². The monoisotopic (exact) mass is 259 g/mol. The predicted molar refractivity (Wildman–Crippen MR) is 80.9 cm³/mol.